The Morgan fingerprint density at radius 3 is 2.71 bits per heavy atom. The lowest BCUT2D eigenvalue weighted by atomic mass is 9.91. The predicted molar refractivity (Wildman–Crippen MR) is 82.4 cm³/mol. The number of morpholine rings is 1. The number of benzene rings is 1. The van der Waals surface area contributed by atoms with Crippen LogP contribution >= 0.6 is 0 Å². The smallest absolute Gasteiger partial charge is 0.249 e. The summed E-state index contributed by atoms with van der Waals surface area (Å²) in [7, 11) is 0. The van der Waals surface area contributed by atoms with Crippen molar-refractivity contribution in [2.45, 2.75) is 30.8 Å². The molecule has 6 nitrogen and oxygen atoms in total. The zero-order chi connectivity index (χ0) is 17.3. The predicted octanol–water partition coefficient (Wildman–Crippen LogP) is 0.138. The van der Waals surface area contributed by atoms with E-state index >= 15 is 0 Å². The Morgan fingerprint density at radius 2 is 2.00 bits per heavy atom. The van der Waals surface area contributed by atoms with Gasteiger partial charge in [-0.25, -0.2) is 4.39 Å². The number of amides is 1. The molecule has 0 radical (unpaired) electrons. The summed E-state index contributed by atoms with van der Waals surface area (Å²) in [5, 5.41) is 29.0. The van der Waals surface area contributed by atoms with Crippen molar-refractivity contribution in [3.8, 4) is 0 Å². The Hall–Kier alpha value is -1.80. The molecule has 130 valence electrons. The van der Waals surface area contributed by atoms with Crippen molar-refractivity contribution in [1.29, 1.82) is 0 Å². The first-order valence-electron chi connectivity index (χ1n) is 7.87. The molecule has 3 N–H and O–H groups in total. The number of ether oxygens (including phenoxy) is 1. The van der Waals surface area contributed by atoms with Gasteiger partial charge in [0.15, 0.2) is 0 Å². The zero-order valence-electron chi connectivity index (χ0n) is 13.0. The van der Waals surface area contributed by atoms with Gasteiger partial charge in [-0.3, -0.25) is 4.79 Å². The van der Waals surface area contributed by atoms with E-state index in [4.69, 9.17) is 4.74 Å². The van der Waals surface area contributed by atoms with Gasteiger partial charge in [0.2, 0.25) is 5.91 Å². The summed E-state index contributed by atoms with van der Waals surface area (Å²) in [6.45, 7) is 0.799. The quantitative estimate of drug-likeness (QED) is 0.714. The van der Waals surface area contributed by atoms with E-state index in [1.165, 1.54) is 17.0 Å². The van der Waals surface area contributed by atoms with Crippen molar-refractivity contribution in [1.82, 2.24) is 4.90 Å². The van der Waals surface area contributed by atoms with Gasteiger partial charge in [-0.1, -0.05) is 18.2 Å². The molecular weight excluding hydrogens is 317 g/mol. The van der Waals surface area contributed by atoms with E-state index in [0.29, 0.717) is 12.1 Å². The summed E-state index contributed by atoms with van der Waals surface area (Å²) in [4.78, 5) is 14.1. The number of aliphatic hydroxyl groups excluding tert-OH is 3. The van der Waals surface area contributed by atoms with Crippen molar-refractivity contribution >= 4 is 5.91 Å². The maximum absolute atomic E-state index is 13.9. The first-order valence-corrected chi connectivity index (χ1v) is 7.87. The van der Waals surface area contributed by atoms with Gasteiger partial charge in [0.25, 0.3) is 0 Å². The summed E-state index contributed by atoms with van der Waals surface area (Å²) < 4.78 is 19.5. The fourth-order valence-corrected chi connectivity index (χ4v) is 3.07. The molecule has 0 saturated carbocycles. The highest BCUT2D eigenvalue weighted by molar-refractivity contribution is 5.94. The third-order valence-electron chi connectivity index (χ3n) is 4.43. The lowest BCUT2D eigenvalue weighted by Gasteiger charge is -2.35. The Morgan fingerprint density at radius 1 is 1.25 bits per heavy atom. The van der Waals surface area contributed by atoms with Gasteiger partial charge in [0.1, 0.15) is 24.1 Å². The van der Waals surface area contributed by atoms with Crippen molar-refractivity contribution in [3.05, 3.63) is 47.3 Å². The summed E-state index contributed by atoms with van der Waals surface area (Å²) in [5.41, 5.74) is 0.637. The summed E-state index contributed by atoms with van der Waals surface area (Å²) in [6, 6.07) is 6.26. The SMILES string of the molecule is O=C(C1=C[C@@H](O)[C@@H](O)[C@H](O)C1)N1CCOC(c2ccccc2F)C1. The molecule has 24 heavy (non-hydrogen) atoms. The van der Waals surface area contributed by atoms with Crippen LogP contribution in [0.15, 0.2) is 35.9 Å². The molecule has 3 rings (SSSR count). The average Bonchev–Trinajstić information content (AvgIpc) is 2.59. The third-order valence-corrected chi connectivity index (χ3v) is 4.43. The van der Waals surface area contributed by atoms with Crippen LogP contribution in [0.1, 0.15) is 18.1 Å². The Bertz CT molecular complexity index is 650. The van der Waals surface area contributed by atoms with E-state index in [9.17, 15) is 24.5 Å². The van der Waals surface area contributed by atoms with Crippen LogP contribution in [0.2, 0.25) is 0 Å². The van der Waals surface area contributed by atoms with E-state index in [1.54, 1.807) is 18.2 Å². The van der Waals surface area contributed by atoms with Crippen LogP contribution in [-0.2, 0) is 9.53 Å². The van der Waals surface area contributed by atoms with Crippen LogP contribution in [0.25, 0.3) is 0 Å². The van der Waals surface area contributed by atoms with E-state index < -0.39 is 24.4 Å². The Kier molecular flexibility index (Phi) is 4.96. The fourth-order valence-electron chi connectivity index (χ4n) is 3.07. The fraction of sp³-hybridized carbons (Fsp3) is 0.471. The van der Waals surface area contributed by atoms with E-state index in [0.717, 1.165) is 0 Å². The monoisotopic (exact) mass is 337 g/mol. The molecule has 2 aliphatic rings. The van der Waals surface area contributed by atoms with Crippen LogP contribution in [0.5, 0.6) is 0 Å². The average molecular weight is 337 g/mol. The highest BCUT2D eigenvalue weighted by Gasteiger charge is 2.35. The second-order valence-electron chi connectivity index (χ2n) is 6.08. The minimum absolute atomic E-state index is 0.0290. The number of carbonyl (C=O) groups excluding carboxylic acids is 1. The molecule has 1 aliphatic heterocycles. The number of nitrogens with zero attached hydrogens (tertiary/aromatic N) is 1. The molecule has 1 aliphatic carbocycles. The zero-order valence-corrected chi connectivity index (χ0v) is 13.0. The highest BCUT2D eigenvalue weighted by Crippen LogP contribution is 2.27. The van der Waals surface area contributed by atoms with Crippen molar-refractivity contribution in [3.63, 3.8) is 0 Å². The number of hydrogen-bond donors (Lipinski definition) is 3. The van der Waals surface area contributed by atoms with Gasteiger partial charge < -0.3 is 25.0 Å². The number of aliphatic hydroxyl groups is 3. The molecule has 0 spiro atoms. The molecule has 1 heterocycles. The molecule has 0 aromatic heterocycles. The Labute approximate surface area is 138 Å². The van der Waals surface area contributed by atoms with Crippen LogP contribution in [0.3, 0.4) is 0 Å². The standard InChI is InChI=1S/C17H20FNO5/c18-12-4-2-1-3-11(12)15-9-19(5-6-24-15)17(23)10-7-13(20)16(22)14(21)8-10/h1-4,7,13-16,20-22H,5-6,8-9H2/t13-,14-,15?,16-/m1/s1. The molecule has 1 aromatic rings. The molecule has 1 aromatic carbocycles. The van der Waals surface area contributed by atoms with Gasteiger partial charge in [-0.05, 0) is 12.1 Å². The van der Waals surface area contributed by atoms with Crippen LogP contribution in [-0.4, -0.2) is 64.1 Å². The van der Waals surface area contributed by atoms with E-state index in [-0.39, 0.29) is 36.9 Å². The number of hydrogen-bond acceptors (Lipinski definition) is 5. The van der Waals surface area contributed by atoms with E-state index in [1.807, 2.05) is 0 Å². The van der Waals surface area contributed by atoms with E-state index in [2.05, 4.69) is 0 Å². The Balaban J connectivity index is 1.74. The topological polar surface area (TPSA) is 90.2 Å². The van der Waals surface area contributed by atoms with Crippen molar-refractivity contribution in [2.75, 3.05) is 19.7 Å². The minimum atomic E-state index is -1.29. The lowest BCUT2D eigenvalue weighted by Crippen LogP contribution is -2.46. The second kappa shape index (κ2) is 6.98. The first kappa shape index (κ1) is 17.0. The van der Waals surface area contributed by atoms with Gasteiger partial charge in [-0.15, -0.1) is 0 Å². The van der Waals surface area contributed by atoms with Crippen LogP contribution in [0.4, 0.5) is 4.39 Å². The minimum Gasteiger partial charge on any atom is -0.390 e. The summed E-state index contributed by atoms with van der Waals surface area (Å²) >= 11 is 0. The maximum Gasteiger partial charge on any atom is 0.249 e. The van der Waals surface area contributed by atoms with Crippen LogP contribution in [0, 0.1) is 5.82 Å². The second-order valence-corrected chi connectivity index (χ2v) is 6.08. The van der Waals surface area contributed by atoms with Crippen LogP contribution < -0.4 is 0 Å². The van der Waals surface area contributed by atoms with Gasteiger partial charge in [-0.2, -0.15) is 0 Å². The molecule has 1 saturated heterocycles. The molecule has 4 atom stereocenters. The first-order chi connectivity index (χ1) is 11.5. The van der Waals surface area contributed by atoms with Gasteiger partial charge in [0, 0.05) is 24.1 Å². The van der Waals surface area contributed by atoms with Gasteiger partial charge in [0.05, 0.1) is 19.3 Å². The number of halogens is 1. The molecule has 1 fully saturated rings. The molecule has 7 heteroatoms. The normalized spacial score (nSPS) is 30.8. The molecule has 0 bridgehead atoms. The van der Waals surface area contributed by atoms with Crippen molar-refractivity contribution in [2.24, 2.45) is 0 Å². The molecule has 1 unspecified atom stereocenters. The highest BCUT2D eigenvalue weighted by atomic mass is 19.1. The largest absolute Gasteiger partial charge is 0.390 e. The maximum atomic E-state index is 13.9. The molecule has 1 amide bonds. The molecular formula is C17H20FNO5. The summed E-state index contributed by atoms with van der Waals surface area (Å²) in [5.74, 6) is -0.729. The number of rotatable bonds is 2. The lowest BCUT2D eigenvalue weighted by molar-refractivity contribution is -0.136. The van der Waals surface area contributed by atoms with Crippen molar-refractivity contribution < 1.29 is 29.2 Å². The third kappa shape index (κ3) is 3.34. The van der Waals surface area contributed by atoms with Gasteiger partial charge >= 0.3 is 0 Å². The summed E-state index contributed by atoms with van der Waals surface area (Å²) in [6.07, 6.45) is -3.08. The number of carbonyl (C=O) groups is 1.